The normalized spacial score (nSPS) is 24.8. The van der Waals surface area contributed by atoms with Crippen LogP contribution in [0.1, 0.15) is 72.1 Å². The van der Waals surface area contributed by atoms with Crippen LogP contribution in [-0.2, 0) is 0 Å². The van der Waals surface area contributed by atoms with Crippen molar-refractivity contribution in [3.8, 4) is 0 Å². The second-order valence-corrected chi connectivity index (χ2v) is 7.68. The van der Waals surface area contributed by atoms with E-state index < -0.39 is 0 Å². The van der Waals surface area contributed by atoms with Crippen molar-refractivity contribution in [3.05, 3.63) is 0 Å². The van der Waals surface area contributed by atoms with Gasteiger partial charge in [0.05, 0.1) is 0 Å². The van der Waals surface area contributed by atoms with Gasteiger partial charge in [0.15, 0.2) is 0 Å². The van der Waals surface area contributed by atoms with E-state index in [2.05, 4.69) is 31.0 Å². The van der Waals surface area contributed by atoms with E-state index in [1.807, 2.05) is 0 Å². The summed E-state index contributed by atoms with van der Waals surface area (Å²) in [6, 6.07) is 0.780. The third kappa shape index (κ3) is 5.07. The SMILES string of the molecule is CC(C)(C)N1CCC(NCCC2CCCCC2)CC1. The van der Waals surface area contributed by atoms with E-state index in [0.717, 1.165) is 12.0 Å². The highest BCUT2D eigenvalue weighted by Crippen LogP contribution is 2.26. The van der Waals surface area contributed by atoms with Crippen LogP contribution in [0.15, 0.2) is 0 Å². The molecule has 0 aromatic heterocycles. The van der Waals surface area contributed by atoms with Crippen LogP contribution in [0, 0.1) is 5.92 Å². The fourth-order valence-electron chi connectivity index (χ4n) is 3.72. The highest BCUT2D eigenvalue weighted by molar-refractivity contribution is 4.84. The van der Waals surface area contributed by atoms with Gasteiger partial charge in [0.25, 0.3) is 0 Å². The zero-order chi connectivity index (χ0) is 13.7. The zero-order valence-electron chi connectivity index (χ0n) is 13.4. The van der Waals surface area contributed by atoms with Crippen LogP contribution in [0.4, 0.5) is 0 Å². The smallest absolute Gasteiger partial charge is 0.0125 e. The second-order valence-electron chi connectivity index (χ2n) is 7.68. The van der Waals surface area contributed by atoms with E-state index in [1.54, 1.807) is 0 Å². The lowest BCUT2D eigenvalue weighted by molar-refractivity contribution is 0.0959. The Hall–Kier alpha value is -0.0800. The molecule has 0 aromatic rings. The van der Waals surface area contributed by atoms with Gasteiger partial charge in [-0.3, -0.25) is 4.90 Å². The first kappa shape index (κ1) is 15.3. The molecule has 1 aliphatic carbocycles. The molecular weight excluding hydrogens is 232 g/mol. The minimum absolute atomic E-state index is 0.354. The molecule has 1 N–H and O–H groups in total. The van der Waals surface area contributed by atoms with E-state index >= 15 is 0 Å². The Morgan fingerprint density at radius 3 is 2.16 bits per heavy atom. The number of piperidine rings is 1. The molecule has 0 amide bonds. The molecule has 0 aromatic carbocycles. The lowest BCUT2D eigenvalue weighted by Crippen LogP contribution is -2.50. The second kappa shape index (κ2) is 7.08. The molecule has 1 heterocycles. The zero-order valence-corrected chi connectivity index (χ0v) is 13.4. The number of hydrogen-bond donors (Lipinski definition) is 1. The van der Waals surface area contributed by atoms with Crippen molar-refractivity contribution in [2.75, 3.05) is 19.6 Å². The monoisotopic (exact) mass is 266 g/mol. The Labute approximate surface area is 120 Å². The minimum Gasteiger partial charge on any atom is -0.314 e. The van der Waals surface area contributed by atoms with Gasteiger partial charge in [-0.2, -0.15) is 0 Å². The number of nitrogens with zero attached hydrogens (tertiary/aromatic N) is 1. The molecule has 0 spiro atoms. The van der Waals surface area contributed by atoms with Crippen molar-refractivity contribution in [1.82, 2.24) is 10.2 Å². The van der Waals surface area contributed by atoms with E-state index in [1.165, 1.54) is 71.0 Å². The number of nitrogens with one attached hydrogen (secondary N) is 1. The van der Waals surface area contributed by atoms with Crippen LogP contribution in [-0.4, -0.2) is 36.1 Å². The summed E-state index contributed by atoms with van der Waals surface area (Å²) in [6.07, 6.45) is 11.5. The molecule has 2 fully saturated rings. The molecule has 2 rings (SSSR count). The molecule has 1 saturated heterocycles. The Kier molecular flexibility index (Phi) is 5.70. The average molecular weight is 266 g/mol. The first-order valence-electron chi connectivity index (χ1n) is 8.54. The van der Waals surface area contributed by atoms with Crippen LogP contribution in [0.25, 0.3) is 0 Å². The maximum absolute atomic E-state index is 3.81. The van der Waals surface area contributed by atoms with Gasteiger partial charge in [0.1, 0.15) is 0 Å². The van der Waals surface area contributed by atoms with Crippen LogP contribution in [0.3, 0.4) is 0 Å². The van der Waals surface area contributed by atoms with Gasteiger partial charge >= 0.3 is 0 Å². The lowest BCUT2D eigenvalue weighted by atomic mass is 9.87. The van der Waals surface area contributed by atoms with Gasteiger partial charge in [0, 0.05) is 24.7 Å². The first-order chi connectivity index (χ1) is 9.05. The summed E-state index contributed by atoms with van der Waals surface area (Å²) in [7, 11) is 0. The third-order valence-electron chi connectivity index (χ3n) is 5.15. The molecule has 0 unspecified atom stereocenters. The quantitative estimate of drug-likeness (QED) is 0.832. The summed E-state index contributed by atoms with van der Waals surface area (Å²) in [5.41, 5.74) is 0.354. The topological polar surface area (TPSA) is 15.3 Å². The average Bonchev–Trinajstić information content (AvgIpc) is 2.39. The Bertz CT molecular complexity index is 242. The van der Waals surface area contributed by atoms with Crippen molar-refractivity contribution < 1.29 is 0 Å². The third-order valence-corrected chi connectivity index (χ3v) is 5.15. The van der Waals surface area contributed by atoms with Crippen molar-refractivity contribution >= 4 is 0 Å². The minimum atomic E-state index is 0.354. The van der Waals surface area contributed by atoms with E-state index in [0.29, 0.717) is 5.54 Å². The lowest BCUT2D eigenvalue weighted by Gasteiger charge is -2.41. The van der Waals surface area contributed by atoms with Crippen molar-refractivity contribution in [2.45, 2.75) is 83.7 Å². The summed E-state index contributed by atoms with van der Waals surface area (Å²) < 4.78 is 0. The summed E-state index contributed by atoms with van der Waals surface area (Å²) in [6.45, 7) is 10.8. The highest BCUT2D eigenvalue weighted by Gasteiger charge is 2.26. The molecular formula is C17H34N2. The van der Waals surface area contributed by atoms with Gasteiger partial charge in [-0.15, -0.1) is 0 Å². The van der Waals surface area contributed by atoms with Crippen molar-refractivity contribution in [1.29, 1.82) is 0 Å². The standard InChI is InChI=1S/C17H34N2/c1-17(2,3)19-13-10-16(11-14-19)18-12-9-15-7-5-4-6-8-15/h15-16,18H,4-14H2,1-3H3. The van der Waals surface area contributed by atoms with E-state index in [9.17, 15) is 0 Å². The summed E-state index contributed by atoms with van der Waals surface area (Å²) in [5, 5.41) is 3.81. The van der Waals surface area contributed by atoms with E-state index in [-0.39, 0.29) is 0 Å². The number of rotatable bonds is 4. The Morgan fingerprint density at radius 2 is 1.58 bits per heavy atom. The molecule has 0 radical (unpaired) electrons. The molecule has 2 nitrogen and oxygen atoms in total. The maximum Gasteiger partial charge on any atom is 0.0125 e. The van der Waals surface area contributed by atoms with E-state index in [4.69, 9.17) is 0 Å². The number of hydrogen-bond acceptors (Lipinski definition) is 2. The van der Waals surface area contributed by atoms with Gasteiger partial charge < -0.3 is 5.32 Å². The molecule has 2 heteroatoms. The summed E-state index contributed by atoms with van der Waals surface area (Å²) in [4.78, 5) is 2.63. The largest absolute Gasteiger partial charge is 0.314 e. The van der Waals surface area contributed by atoms with Crippen LogP contribution in [0.2, 0.25) is 0 Å². The van der Waals surface area contributed by atoms with Crippen LogP contribution >= 0.6 is 0 Å². The predicted octanol–water partition coefficient (Wildman–Crippen LogP) is 3.81. The van der Waals surface area contributed by atoms with Gasteiger partial charge in [-0.25, -0.2) is 0 Å². The van der Waals surface area contributed by atoms with Crippen LogP contribution in [0.5, 0.6) is 0 Å². The molecule has 1 saturated carbocycles. The molecule has 1 aliphatic heterocycles. The fourth-order valence-corrected chi connectivity index (χ4v) is 3.72. The molecule has 19 heavy (non-hydrogen) atoms. The van der Waals surface area contributed by atoms with Gasteiger partial charge in [-0.05, 0) is 52.5 Å². The van der Waals surface area contributed by atoms with Gasteiger partial charge in [0.2, 0.25) is 0 Å². The Morgan fingerprint density at radius 1 is 0.947 bits per heavy atom. The highest BCUT2D eigenvalue weighted by atomic mass is 15.2. The molecule has 0 atom stereocenters. The maximum atomic E-state index is 3.81. The number of likely N-dealkylation sites (tertiary alicyclic amines) is 1. The van der Waals surface area contributed by atoms with Gasteiger partial charge in [-0.1, -0.05) is 32.1 Å². The Balaban J connectivity index is 1.58. The summed E-state index contributed by atoms with van der Waals surface area (Å²) >= 11 is 0. The van der Waals surface area contributed by atoms with Crippen molar-refractivity contribution in [2.24, 2.45) is 5.92 Å². The molecule has 0 bridgehead atoms. The summed E-state index contributed by atoms with van der Waals surface area (Å²) in [5.74, 6) is 1.02. The molecule has 112 valence electrons. The van der Waals surface area contributed by atoms with Crippen molar-refractivity contribution in [3.63, 3.8) is 0 Å². The first-order valence-corrected chi connectivity index (χ1v) is 8.54. The fraction of sp³-hybridized carbons (Fsp3) is 1.00. The molecule has 2 aliphatic rings. The van der Waals surface area contributed by atoms with Crippen LogP contribution < -0.4 is 5.32 Å². The predicted molar refractivity (Wildman–Crippen MR) is 83.5 cm³/mol.